The van der Waals surface area contributed by atoms with Gasteiger partial charge in [-0.05, 0) is 25.3 Å². The first-order chi connectivity index (χ1) is 13.3. The summed E-state index contributed by atoms with van der Waals surface area (Å²) in [7, 11) is 1.67. The number of benzene rings is 1. The summed E-state index contributed by atoms with van der Waals surface area (Å²) >= 11 is 0. The molecule has 146 valence electrons. The molecule has 0 aliphatic heterocycles. The van der Waals surface area contributed by atoms with Crippen molar-refractivity contribution in [1.82, 2.24) is 23.1 Å². The Hall–Kier alpha value is -3.09. The van der Waals surface area contributed by atoms with Crippen LogP contribution in [-0.2, 0) is 13.6 Å². The van der Waals surface area contributed by atoms with E-state index in [-0.39, 0.29) is 23.2 Å². The topological polar surface area (TPSA) is 66.2 Å². The first-order valence-corrected chi connectivity index (χ1v) is 9.59. The average molecular weight is 379 g/mol. The number of hydrogen-bond donors (Lipinski definition) is 0. The van der Waals surface area contributed by atoms with Crippen LogP contribution in [0.2, 0.25) is 0 Å². The smallest absolute Gasteiger partial charge is 0.307 e. The van der Waals surface area contributed by atoms with Gasteiger partial charge in [-0.25, -0.2) is 4.79 Å². The maximum Gasteiger partial charge on any atom is 0.332 e. The Labute approximate surface area is 162 Å². The van der Waals surface area contributed by atoms with Gasteiger partial charge >= 0.3 is 5.69 Å². The maximum absolute atomic E-state index is 13.2. The van der Waals surface area contributed by atoms with Gasteiger partial charge in [0.05, 0.1) is 5.69 Å². The molecule has 0 atom stereocenters. The standard InChI is InChI=1S/C21H25N5O2/c1-13(2)11-25-19(27)17-18(23(5)21(25)28)22-20-24(17)12-16(26(20)14(3)4)15-9-7-6-8-10-15/h6-10,12-14H,11H2,1-5H3. The second kappa shape index (κ2) is 6.51. The van der Waals surface area contributed by atoms with E-state index in [1.54, 1.807) is 7.05 Å². The van der Waals surface area contributed by atoms with Crippen LogP contribution in [0.4, 0.5) is 0 Å². The highest BCUT2D eigenvalue weighted by Gasteiger charge is 2.22. The molecule has 4 aromatic rings. The van der Waals surface area contributed by atoms with Crippen LogP contribution >= 0.6 is 0 Å². The van der Waals surface area contributed by atoms with Crippen LogP contribution in [0.25, 0.3) is 28.2 Å². The molecule has 0 aliphatic carbocycles. The Morgan fingerprint density at radius 3 is 2.32 bits per heavy atom. The highest BCUT2D eigenvalue weighted by molar-refractivity contribution is 5.78. The summed E-state index contributed by atoms with van der Waals surface area (Å²) in [6, 6.07) is 10.2. The normalized spacial score (nSPS) is 12.1. The molecule has 0 amide bonds. The van der Waals surface area contributed by atoms with Crippen molar-refractivity contribution >= 4 is 16.9 Å². The van der Waals surface area contributed by atoms with Gasteiger partial charge in [0.1, 0.15) is 0 Å². The largest absolute Gasteiger partial charge is 0.332 e. The molecule has 7 nitrogen and oxygen atoms in total. The molecular formula is C21H25N5O2. The Kier molecular flexibility index (Phi) is 4.25. The van der Waals surface area contributed by atoms with Crippen LogP contribution in [0.3, 0.4) is 0 Å². The first kappa shape index (κ1) is 18.3. The molecule has 0 N–H and O–H groups in total. The number of nitrogens with zero attached hydrogens (tertiary/aromatic N) is 5. The third-order valence-electron chi connectivity index (χ3n) is 5.02. The van der Waals surface area contributed by atoms with Crippen LogP contribution in [-0.4, -0.2) is 23.1 Å². The van der Waals surface area contributed by atoms with Crippen LogP contribution in [0.15, 0.2) is 46.1 Å². The Bertz CT molecular complexity index is 1290. The van der Waals surface area contributed by atoms with Crippen molar-refractivity contribution < 1.29 is 0 Å². The molecular weight excluding hydrogens is 354 g/mol. The third-order valence-corrected chi connectivity index (χ3v) is 5.02. The summed E-state index contributed by atoms with van der Waals surface area (Å²) in [4.78, 5) is 30.6. The summed E-state index contributed by atoms with van der Waals surface area (Å²) in [6.45, 7) is 8.53. The Morgan fingerprint density at radius 2 is 1.71 bits per heavy atom. The van der Waals surface area contributed by atoms with Gasteiger partial charge in [-0.1, -0.05) is 44.2 Å². The summed E-state index contributed by atoms with van der Waals surface area (Å²) < 4.78 is 6.72. The number of rotatable bonds is 4. The number of aryl methyl sites for hydroxylation is 1. The molecule has 1 aromatic carbocycles. The van der Waals surface area contributed by atoms with Gasteiger partial charge in [-0.15, -0.1) is 0 Å². The van der Waals surface area contributed by atoms with Crippen molar-refractivity contribution in [2.75, 3.05) is 0 Å². The van der Waals surface area contributed by atoms with E-state index in [0.717, 1.165) is 11.3 Å². The van der Waals surface area contributed by atoms with Crippen molar-refractivity contribution in [3.05, 3.63) is 57.4 Å². The van der Waals surface area contributed by atoms with Gasteiger partial charge in [-0.2, -0.15) is 4.98 Å². The summed E-state index contributed by atoms with van der Waals surface area (Å²) in [6.07, 6.45) is 1.95. The third kappa shape index (κ3) is 2.61. The number of fused-ring (bicyclic) bond motifs is 3. The number of hydrogen-bond acceptors (Lipinski definition) is 3. The SMILES string of the molecule is CC(C)Cn1c(=O)c2c(nc3n(C(C)C)c(-c4ccccc4)cn23)n(C)c1=O. The predicted octanol–water partition coefficient (Wildman–Crippen LogP) is 3.05. The van der Waals surface area contributed by atoms with E-state index in [4.69, 9.17) is 4.98 Å². The van der Waals surface area contributed by atoms with E-state index in [0.29, 0.717) is 23.5 Å². The molecule has 3 aromatic heterocycles. The maximum atomic E-state index is 13.2. The monoisotopic (exact) mass is 379 g/mol. The second-order valence-electron chi connectivity index (χ2n) is 7.95. The molecule has 7 heteroatoms. The van der Waals surface area contributed by atoms with Crippen molar-refractivity contribution in [2.24, 2.45) is 13.0 Å². The predicted molar refractivity (Wildman–Crippen MR) is 111 cm³/mol. The van der Waals surface area contributed by atoms with Gasteiger partial charge < -0.3 is 4.57 Å². The summed E-state index contributed by atoms with van der Waals surface area (Å²) in [5.41, 5.74) is 2.28. The van der Waals surface area contributed by atoms with Crippen molar-refractivity contribution in [2.45, 2.75) is 40.3 Å². The minimum Gasteiger partial charge on any atom is -0.307 e. The minimum absolute atomic E-state index is 0.138. The van der Waals surface area contributed by atoms with Crippen LogP contribution in [0, 0.1) is 5.92 Å². The van der Waals surface area contributed by atoms with Crippen LogP contribution in [0.5, 0.6) is 0 Å². The lowest BCUT2D eigenvalue weighted by Crippen LogP contribution is -2.40. The molecule has 0 saturated heterocycles. The fourth-order valence-corrected chi connectivity index (χ4v) is 3.77. The van der Waals surface area contributed by atoms with Gasteiger partial charge in [0, 0.05) is 25.8 Å². The first-order valence-electron chi connectivity index (χ1n) is 9.59. The zero-order chi connectivity index (χ0) is 20.2. The minimum atomic E-state index is -0.327. The quantitative estimate of drug-likeness (QED) is 0.547. The summed E-state index contributed by atoms with van der Waals surface area (Å²) in [5.74, 6) is 0.852. The van der Waals surface area contributed by atoms with Gasteiger partial charge in [0.2, 0.25) is 5.78 Å². The Balaban J connectivity index is 2.14. The van der Waals surface area contributed by atoms with Crippen LogP contribution in [0.1, 0.15) is 33.7 Å². The molecule has 0 saturated carbocycles. The van der Waals surface area contributed by atoms with Gasteiger partial charge in [0.25, 0.3) is 5.56 Å². The lowest BCUT2D eigenvalue weighted by atomic mass is 10.1. The Morgan fingerprint density at radius 1 is 1.04 bits per heavy atom. The fraction of sp³-hybridized carbons (Fsp3) is 0.381. The zero-order valence-corrected chi connectivity index (χ0v) is 16.9. The average Bonchev–Trinajstić information content (AvgIpc) is 3.20. The zero-order valence-electron chi connectivity index (χ0n) is 16.9. The van der Waals surface area contributed by atoms with Crippen molar-refractivity contribution in [3.63, 3.8) is 0 Å². The lowest BCUT2D eigenvalue weighted by Gasteiger charge is -2.12. The number of aromatic nitrogens is 5. The molecule has 0 aliphatic rings. The highest BCUT2D eigenvalue weighted by Crippen LogP contribution is 2.28. The summed E-state index contributed by atoms with van der Waals surface area (Å²) in [5, 5.41) is 0. The number of imidazole rings is 2. The molecule has 0 spiro atoms. The highest BCUT2D eigenvalue weighted by atomic mass is 16.2. The molecule has 4 rings (SSSR count). The van der Waals surface area contributed by atoms with E-state index in [1.165, 1.54) is 9.13 Å². The van der Waals surface area contributed by atoms with Gasteiger partial charge in [0.15, 0.2) is 11.2 Å². The van der Waals surface area contributed by atoms with E-state index in [1.807, 2.05) is 54.8 Å². The molecule has 0 unspecified atom stereocenters. The van der Waals surface area contributed by atoms with Gasteiger partial charge in [-0.3, -0.25) is 18.3 Å². The molecule has 0 fully saturated rings. The van der Waals surface area contributed by atoms with E-state index < -0.39 is 0 Å². The molecule has 3 heterocycles. The molecule has 0 bridgehead atoms. The van der Waals surface area contributed by atoms with Crippen LogP contribution < -0.4 is 11.2 Å². The molecule has 0 radical (unpaired) electrons. The molecule has 28 heavy (non-hydrogen) atoms. The van der Waals surface area contributed by atoms with Crippen molar-refractivity contribution in [1.29, 1.82) is 0 Å². The van der Waals surface area contributed by atoms with E-state index in [9.17, 15) is 9.59 Å². The fourth-order valence-electron chi connectivity index (χ4n) is 3.77. The van der Waals surface area contributed by atoms with Crippen molar-refractivity contribution in [3.8, 4) is 11.3 Å². The van der Waals surface area contributed by atoms with E-state index in [2.05, 4.69) is 18.4 Å². The van der Waals surface area contributed by atoms with E-state index >= 15 is 0 Å². The lowest BCUT2D eigenvalue weighted by molar-refractivity contribution is 0.484. The second-order valence-corrected chi connectivity index (χ2v) is 7.95.